The number of hydrogen-bond acceptors (Lipinski definition) is 7. The summed E-state index contributed by atoms with van der Waals surface area (Å²) in [6, 6.07) is 4.90. The fourth-order valence-electron chi connectivity index (χ4n) is 2.34. The zero-order valence-electron chi connectivity index (χ0n) is 15.7. The number of anilines is 1. The van der Waals surface area contributed by atoms with Crippen LogP contribution in [0.5, 0.6) is 5.88 Å². The first kappa shape index (κ1) is 22.2. The normalized spacial score (nSPS) is 15.3. The van der Waals surface area contributed by atoms with Crippen LogP contribution in [0.4, 0.5) is 14.6 Å². The van der Waals surface area contributed by atoms with E-state index in [0.29, 0.717) is 13.1 Å². The number of benzene rings is 1. The van der Waals surface area contributed by atoms with Crippen LogP contribution < -0.4 is 9.46 Å². The summed E-state index contributed by atoms with van der Waals surface area (Å²) in [6.45, 7) is 2.03. The van der Waals surface area contributed by atoms with Crippen molar-refractivity contribution >= 4 is 33.8 Å². The average molecular weight is 460 g/mol. The van der Waals surface area contributed by atoms with Crippen molar-refractivity contribution < 1.29 is 31.8 Å². The zero-order chi connectivity index (χ0) is 21.9. The molecule has 0 aliphatic carbocycles. The van der Waals surface area contributed by atoms with Gasteiger partial charge in [-0.15, -0.1) is 0 Å². The maximum Gasteiger partial charge on any atom is 0.344 e. The molecule has 1 aliphatic rings. The summed E-state index contributed by atoms with van der Waals surface area (Å²) in [7, 11) is -3.83. The minimum Gasteiger partial charge on any atom is -0.479 e. The van der Waals surface area contributed by atoms with Crippen molar-refractivity contribution in [2.24, 2.45) is 0 Å². The van der Waals surface area contributed by atoms with Gasteiger partial charge in [-0.25, -0.2) is 18.6 Å². The Hall–Kier alpha value is -2.51. The van der Waals surface area contributed by atoms with Gasteiger partial charge in [-0.3, -0.25) is 4.72 Å². The molecule has 0 amide bonds. The Labute approximate surface area is 175 Å². The van der Waals surface area contributed by atoms with E-state index in [1.807, 2.05) is 0 Å². The monoisotopic (exact) mass is 460 g/mol. The quantitative estimate of drug-likeness (QED) is 0.432. The first-order valence-electron chi connectivity index (χ1n) is 8.78. The molecule has 1 fully saturated rings. The molecular weight excluding hydrogens is 442 g/mol. The molecule has 1 aliphatic heterocycles. The SMILES string of the molecule is C[C@@H](Oc1cc(NS(=O)(=O)N2CCC2)nc(SCc2cccc(F)c2F)n1)C(=O)O. The molecule has 1 saturated heterocycles. The Bertz CT molecular complexity index is 1050. The number of carbonyl (C=O) groups is 1. The first-order chi connectivity index (χ1) is 14.2. The van der Waals surface area contributed by atoms with Crippen molar-refractivity contribution in [2.45, 2.75) is 30.4 Å². The Balaban J connectivity index is 1.84. The second kappa shape index (κ2) is 9.10. The van der Waals surface area contributed by atoms with Crippen LogP contribution in [0, 0.1) is 11.6 Å². The Morgan fingerprint density at radius 3 is 2.73 bits per heavy atom. The van der Waals surface area contributed by atoms with Crippen molar-refractivity contribution in [3.05, 3.63) is 41.5 Å². The van der Waals surface area contributed by atoms with Crippen molar-refractivity contribution in [2.75, 3.05) is 17.8 Å². The predicted octanol–water partition coefficient (Wildman–Crippen LogP) is 2.26. The number of carboxylic acid groups (broad SMARTS) is 1. The summed E-state index contributed by atoms with van der Waals surface area (Å²) in [5, 5.41) is 9.02. The largest absolute Gasteiger partial charge is 0.479 e. The average Bonchev–Trinajstić information content (AvgIpc) is 2.60. The van der Waals surface area contributed by atoms with Gasteiger partial charge in [-0.1, -0.05) is 23.9 Å². The van der Waals surface area contributed by atoms with Crippen LogP contribution in [0.25, 0.3) is 0 Å². The van der Waals surface area contributed by atoms with E-state index >= 15 is 0 Å². The molecule has 162 valence electrons. The van der Waals surface area contributed by atoms with Gasteiger partial charge in [0.2, 0.25) is 5.88 Å². The van der Waals surface area contributed by atoms with E-state index in [4.69, 9.17) is 9.84 Å². The highest BCUT2D eigenvalue weighted by Gasteiger charge is 2.28. The number of aliphatic carboxylic acids is 1. The molecule has 2 aromatic rings. The van der Waals surface area contributed by atoms with Gasteiger partial charge in [0, 0.05) is 30.5 Å². The van der Waals surface area contributed by atoms with Gasteiger partial charge < -0.3 is 9.84 Å². The molecule has 1 aromatic carbocycles. The fraction of sp³-hybridized carbons (Fsp3) is 0.353. The molecule has 1 atom stereocenters. The number of nitrogens with one attached hydrogen (secondary N) is 1. The molecule has 0 unspecified atom stereocenters. The van der Waals surface area contributed by atoms with Crippen LogP contribution in [-0.2, 0) is 20.8 Å². The van der Waals surface area contributed by atoms with E-state index in [2.05, 4.69) is 14.7 Å². The molecule has 9 nitrogen and oxygen atoms in total. The molecular formula is C17H18F2N4O5S2. The fourth-order valence-corrected chi connectivity index (χ4v) is 4.40. The second-order valence-electron chi connectivity index (χ2n) is 6.33. The van der Waals surface area contributed by atoms with Crippen LogP contribution in [0.15, 0.2) is 29.4 Å². The van der Waals surface area contributed by atoms with E-state index in [1.54, 1.807) is 0 Å². The van der Waals surface area contributed by atoms with E-state index in [1.165, 1.54) is 23.4 Å². The number of hydrogen-bond donors (Lipinski definition) is 2. The summed E-state index contributed by atoms with van der Waals surface area (Å²) in [5.74, 6) is -3.60. The number of aromatic nitrogens is 2. The van der Waals surface area contributed by atoms with Crippen LogP contribution in [0.2, 0.25) is 0 Å². The van der Waals surface area contributed by atoms with E-state index in [9.17, 15) is 22.0 Å². The zero-order valence-corrected chi connectivity index (χ0v) is 17.3. The van der Waals surface area contributed by atoms with Crippen molar-refractivity contribution in [1.29, 1.82) is 0 Å². The summed E-state index contributed by atoms with van der Waals surface area (Å²) >= 11 is 0.910. The van der Waals surface area contributed by atoms with Crippen LogP contribution >= 0.6 is 11.8 Å². The minimum absolute atomic E-state index is 0.00457. The highest BCUT2D eigenvalue weighted by Crippen LogP contribution is 2.27. The van der Waals surface area contributed by atoms with E-state index < -0.39 is 33.9 Å². The highest BCUT2D eigenvalue weighted by atomic mass is 32.2. The first-order valence-corrected chi connectivity index (χ1v) is 11.2. The third kappa shape index (κ3) is 5.34. The van der Waals surface area contributed by atoms with Gasteiger partial charge in [0.15, 0.2) is 22.9 Å². The molecule has 3 rings (SSSR count). The smallest absolute Gasteiger partial charge is 0.344 e. The molecule has 2 N–H and O–H groups in total. The number of thioether (sulfide) groups is 1. The number of rotatable bonds is 9. The van der Waals surface area contributed by atoms with Gasteiger partial charge in [-0.05, 0) is 19.4 Å². The van der Waals surface area contributed by atoms with E-state index in [-0.39, 0.29) is 28.2 Å². The van der Waals surface area contributed by atoms with Gasteiger partial charge in [0.05, 0.1) is 0 Å². The van der Waals surface area contributed by atoms with Crippen molar-refractivity contribution in [1.82, 2.24) is 14.3 Å². The third-order valence-electron chi connectivity index (χ3n) is 4.10. The maximum atomic E-state index is 13.9. The highest BCUT2D eigenvalue weighted by molar-refractivity contribution is 7.98. The topological polar surface area (TPSA) is 122 Å². The molecule has 2 heterocycles. The maximum absolute atomic E-state index is 13.9. The Kier molecular flexibility index (Phi) is 6.73. The van der Waals surface area contributed by atoms with Crippen LogP contribution in [0.3, 0.4) is 0 Å². The van der Waals surface area contributed by atoms with Crippen molar-refractivity contribution in [3.63, 3.8) is 0 Å². The molecule has 0 bridgehead atoms. The van der Waals surface area contributed by atoms with Gasteiger partial charge in [0.25, 0.3) is 0 Å². The Morgan fingerprint density at radius 2 is 2.10 bits per heavy atom. The lowest BCUT2D eigenvalue weighted by molar-refractivity contribution is -0.144. The number of ether oxygens (including phenoxy) is 1. The molecule has 0 radical (unpaired) electrons. The number of carboxylic acids is 1. The van der Waals surface area contributed by atoms with Gasteiger partial charge in [0.1, 0.15) is 5.82 Å². The Morgan fingerprint density at radius 1 is 1.37 bits per heavy atom. The molecule has 13 heteroatoms. The second-order valence-corrected chi connectivity index (χ2v) is 8.95. The molecule has 30 heavy (non-hydrogen) atoms. The third-order valence-corrected chi connectivity index (χ3v) is 6.51. The van der Waals surface area contributed by atoms with Gasteiger partial charge >= 0.3 is 16.2 Å². The summed E-state index contributed by atoms with van der Waals surface area (Å²) in [5.41, 5.74) is 0.0662. The van der Waals surface area contributed by atoms with Crippen LogP contribution in [-0.4, -0.2) is 53.0 Å². The van der Waals surface area contributed by atoms with Gasteiger partial charge in [-0.2, -0.15) is 17.7 Å². The lowest BCUT2D eigenvalue weighted by Gasteiger charge is -2.29. The summed E-state index contributed by atoms with van der Waals surface area (Å²) in [6.07, 6.45) is -0.506. The lowest BCUT2D eigenvalue weighted by Crippen LogP contribution is -2.45. The number of nitrogens with zero attached hydrogens (tertiary/aromatic N) is 3. The van der Waals surface area contributed by atoms with Crippen LogP contribution in [0.1, 0.15) is 18.9 Å². The van der Waals surface area contributed by atoms with E-state index in [0.717, 1.165) is 30.3 Å². The summed E-state index contributed by atoms with van der Waals surface area (Å²) < 4.78 is 60.6. The molecule has 1 aromatic heterocycles. The van der Waals surface area contributed by atoms with Crippen molar-refractivity contribution in [3.8, 4) is 5.88 Å². The number of halogens is 2. The predicted molar refractivity (Wildman–Crippen MR) is 104 cm³/mol. The summed E-state index contributed by atoms with van der Waals surface area (Å²) in [4.78, 5) is 19.2. The standard InChI is InChI=1S/C17H18F2N4O5S2/c1-10(16(24)25)28-14-8-13(22-30(26,27)23-6-3-7-23)20-17(21-14)29-9-11-4-2-5-12(18)15(11)19/h2,4-5,8,10H,3,6-7,9H2,1H3,(H,24,25)(H,20,21,22)/t10-/m1/s1. The lowest BCUT2D eigenvalue weighted by atomic mass is 10.2. The minimum atomic E-state index is -3.83. The molecule has 0 saturated carbocycles. The molecule has 0 spiro atoms.